The molecule has 1 unspecified atom stereocenters. The second-order valence-electron chi connectivity index (χ2n) is 4.63. The lowest BCUT2D eigenvalue weighted by Crippen LogP contribution is -2.43. The molecule has 0 amide bonds. The number of nitrogens with two attached hydrogens (primary N) is 1. The Labute approximate surface area is 95.4 Å². The van der Waals surface area contributed by atoms with E-state index in [2.05, 4.69) is 22.7 Å². The first-order valence-corrected chi connectivity index (χ1v) is 6.62. The quantitative estimate of drug-likeness (QED) is 0.290. The zero-order chi connectivity index (χ0) is 10.7. The van der Waals surface area contributed by atoms with Crippen LogP contribution in [0.1, 0.15) is 32.6 Å². The molecule has 4 N–H and O–H groups in total. The van der Waals surface area contributed by atoms with Crippen molar-refractivity contribution in [2.24, 2.45) is 10.8 Å². The molecule has 15 heavy (non-hydrogen) atoms. The zero-order valence-electron chi connectivity index (χ0n) is 9.25. The molecule has 1 aliphatic heterocycles. The van der Waals surface area contributed by atoms with E-state index in [9.17, 15) is 0 Å². The fraction of sp³-hybridized carbons (Fsp3) is 0.900. The summed E-state index contributed by atoms with van der Waals surface area (Å²) in [4.78, 5) is 4.52. The van der Waals surface area contributed by atoms with E-state index in [1.165, 1.54) is 31.4 Å². The number of hydrazine groups is 1. The van der Waals surface area contributed by atoms with Gasteiger partial charge in [-0.2, -0.15) is 11.8 Å². The normalized spacial score (nSPS) is 31.7. The van der Waals surface area contributed by atoms with E-state index < -0.39 is 0 Å². The molecule has 2 fully saturated rings. The van der Waals surface area contributed by atoms with E-state index in [4.69, 9.17) is 5.84 Å². The Kier molecular flexibility index (Phi) is 3.41. The topological polar surface area (TPSA) is 62.4 Å². The maximum atomic E-state index is 5.43. The van der Waals surface area contributed by atoms with E-state index >= 15 is 0 Å². The van der Waals surface area contributed by atoms with E-state index in [0.29, 0.717) is 10.8 Å². The number of aliphatic imine (C=N–C) groups is 1. The first-order chi connectivity index (χ1) is 7.22. The summed E-state index contributed by atoms with van der Waals surface area (Å²) in [6.45, 7) is 3.15. The van der Waals surface area contributed by atoms with Gasteiger partial charge in [0.25, 0.3) is 0 Å². The monoisotopic (exact) mass is 228 g/mol. The highest BCUT2D eigenvalue weighted by molar-refractivity contribution is 8.00. The van der Waals surface area contributed by atoms with Crippen LogP contribution >= 0.6 is 11.8 Å². The largest absolute Gasteiger partial charge is 0.353 e. The van der Waals surface area contributed by atoms with Crippen LogP contribution in [0.3, 0.4) is 0 Å². The second-order valence-corrected chi connectivity index (χ2v) is 6.31. The third kappa shape index (κ3) is 3.28. The Bertz CT molecular complexity index is 244. The molecule has 86 valence electrons. The van der Waals surface area contributed by atoms with Crippen LogP contribution in [-0.2, 0) is 0 Å². The third-order valence-electron chi connectivity index (χ3n) is 2.93. The second kappa shape index (κ2) is 4.61. The molecular weight excluding hydrogens is 208 g/mol. The van der Waals surface area contributed by atoms with Crippen molar-refractivity contribution >= 4 is 17.7 Å². The molecule has 2 aliphatic rings. The molecule has 1 saturated carbocycles. The highest BCUT2D eigenvalue weighted by atomic mass is 32.2. The number of hydrogen-bond acceptors (Lipinski definition) is 3. The summed E-state index contributed by atoms with van der Waals surface area (Å²) < 4.78 is 0.327. The number of nitrogens with one attached hydrogen (secondary N) is 2. The average molecular weight is 228 g/mol. The fourth-order valence-electron chi connectivity index (χ4n) is 1.76. The van der Waals surface area contributed by atoms with Crippen molar-refractivity contribution in [1.29, 1.82) is 0 Å². The van der Waals surface area contributed by atoms with Crippen LogP contribution in [0.25, 0.3) is 0 Å². The van der Waals surface area contributed by atoms with Gasteiger partial charge in [-0.05, 0) is 38.4 Å². The van der Waals surface area contributed by atoms with Crippen molar-refractivity contribution in [3.63, 3.8) is 0 Å². The van der Waals surface area contributed by atoms with Crippen LogP contribution in [0, 0.1) is 0 Å². The van der Waals surface area contributed by atoms with Gasteiger partial charge in [0, 0.05) is 10.8 Å². The minimum Gasteiger partial charge on any atom is -0.353 e. The summed E-state index contributed by atoms with van der Waals surface area (Å²) in [6, 6.07) is 0.601. The van der Waals surface area contributed by atoms with Crippen molar-refractivity contribution in [3.05, 3.63) is 0 Å². The van der Waals surface area contributed by atoms with Gasteiger partial charge >= 0.3 is 0 Å². The van der Waals surface area contributed by atoms with Gasteiger partial charge in [-0.15, -0.1) is 0 Å². The number of hydrogen-bond donors (Lipinski definition) is 3. The lowest BCUT2D eigenvalue weighted by atomic mass is 10.1. The number of guanidine groups is 1. The van der Waals surface area contributed by atoms with E-state index in [1.54, 1.807) is 0 Å². The molecule has 1 atom stereocenters. The summed E-state index contributed by atoms with van der Waals surface area (Å²) >= 11 is 2.03. The van der Waals surface area contributed by atoms with Crippen molar-refractivity contribution in [3.8, 4) is 0 Å². The fourth-order valence-corrected chi connectivity index (χ4v) is 2.99. The summed E-state index contributed by atoms with van der Waals surface area (Å²) in [7, 11) is 0. The van der Waals surface area contributed by atoms with Crippen LogP contribution in [0.4, 0.5) is 0 Å². The number of nitrogens with zero attached hydrogens (tertiary/aromatic N) is 1. The number of rotatable bonds is 3. The molecule has 0 radical (unpaired) electrons. The minimum absolute atomic E-state index is 0.327. The predicted molar refractivity (Wildman–Crippen MR) is 65.9 cm³/mol. The number of thioether (sulfide) groups is 1. The van der Waals surface area contributed by atoms with Crippen LogP contribution < -0.4 is 16.6 Å². The molecule has 2 rings (SSSR count). The highest BCUT2D eigenvalue weighted by Gasteiger charge is 2.29. The summed E-state index contributed by atoms with van der Waals surface area (Å²) in [5.74, 6) is 7.45. The smallest absolute Gasteiger partial charge is 0.205 e. The molecule has 1 saturated heterocycles. The van der Waals surface area contributed by atoms with Gasteiger partial charge in [-0.25, -0.2) is 5.84 Å². The molecule has 4 nitrogen and oxygen atoms in total. The standard InChI is InChI=1S/C10H20N4S/c1-10(5-2-6-15-10)7-12-9(14-11)13-8-3-4-8/h8H,2-7,11H2,1H3,(H2,12,13,14). The summed E-state index contributed by atoms with van der Waals surface area (Å²) in [5, 5.41) is 3.29. The molecule has 0 bridgehead atoms. The molecule has 0 aromatic rings. The third-order valence-corrected chi connectivity index (χ3v) is 4.45. The zero-order valence-corrected chi connectivity index (χ0v) is 10.1. The predicted octanol–water partition coefficient (Wildman–Crippen LogP) is 0.843. The van der Waals surface area contributed by atoms with E-state index in [0.717, 1.165) is 12.5 Å². The molecule has 5 heteroatoms. The van der Waals surface area contributed by atoms with Crippen molar-refractivity contribution in [2.45, 2.75) is 43.4 Å². The first-order valence-electron chi connectivity index (χ1n) is 5.63. The van der Waals surface area contributed by atoms with Gasteiger partial charge < -0.3 is 5.32 Å². The van der Waals surface area contributed by atoms with Crippen molar-refractivity contribution < 1.29 is 0 Å². The summed E-state index contributed by atoms with van der Waals surface area (Å²) in [5.41, 5.74) is 2.64. The lowest BCUT2D eigenvalue weighted by Gasteiger charge is -2.20. The van der Waals surface area contributed by atoms with Gasteiger partial charge in [0.2, 0.25) is 5.96 Å². The van der Waals surface area contributed by atoms with Crippen molar-refractivity contribution in [1.82, 2.24) is 10.7 Å². The highest BCUT2D eigenvalue weighted by Crippen LogP contribution is 2.37. The van der Waals surface area contributed by atoms with E-state index in [-0.39, 0.29) is 0 Å². The van der Waals surface area contributed by atoms with Gasteiger partial charge in [-0.1, -0.05) is 0 Å². The van der Waals surface area contributed by atoms with Crippen molar-refractivity contribution in [2.75, 3.05) is 12.3 Å². The Hall–Kier alpha value is -0.420. The molecule has 0 aromatic carbocycles. The molecular formula is C10H20N4S. The lowest BCUT2D eigenvalue weighted by molar-refractivity contribution is 0.614. The minimum atomic E-state index is 0.327. The molecule has 0 aromatic heterocycles. The van der Waals surface area contributed by atoms with Gasteiger partial charge in [0.1, 0.15) is 0 Å². The molecule has 1 aliphatic carbocycles. The van der Waals surface area contributed by atoms with Crippen LogP contribution in [-0.4, -0.2) is 29.0 Å². The SMILES string of the molecule is CC1(CN=C(NN)NC2CC2)CCCS1. The Morgan fingerprint density at radius 2 is 2.40 bits per heavy atom. The maximum absolute atomic E-state index is 5.43. The summed E-state index contributed by atoms with van der Waals surface area (Å²) in [6.07, 6.45) is 5.07. The average Bonchev–Trinajstić information content (AvgIpc) is 2.95. The van der Waals surface area contributed by atoms with Crippen LogP contribution in [0.5, 0.6) is 0 Å². The molecule has 0 spiro atoms. The Morgan fingerprint density at radius 3 is 2.93 bits per heavy atom. The Balaban J connectivity index is 1.83. The van der Waals surface area contributed by atoms with Gasteiger partial charge in [-0.3, -0.25) is 10.4 Å². The van der Waals surface area contributed by atoms with Gasteiger partial charge in [0.05, 0.1) is 6.54 Å². The first kappa shape index (κ1) is 11.1. The van der Waals surface area contributed by atoms with Gasteiger partial charge in [0.15, 0.2) is 0 Å². The molecule has 1 heterocycles. The van der Waals surface area contributed by atoms with Crippen LogP contribution in [0.15, 0.2) is 4.99 Å². The van der Waals surface area contributed by atoms with E-state index in [1.807, 2.05) is 11.8 Å². The maximum Gasteiger partial charge on any atom is 0.205 e. The Morgan fingerprint density at radius 1 is 1.60 bits per heavy atom. The van der Waals surface area contributed by atoms with Crippen LogP contribution in [0.2, 0.25) is 0 Å².